The van der Waals surface area contributed by atoms with Crippen molar-refractivity contribution in [3.05, 3.63) is 71.8 Å². The molecule has 3 rings (SSSR count). The van der Waals surface area contributed by atoms with Gasteiger partial charge in [-0.3, -0.25) is 4.79 Å². The van der Waals surface area contributed by atoms with Crippen molar-refractivity contribution in [3.63, 3.8) is 0 Å². The van der Waals surface area contributed by atoms with Crippen LogP contribution >= 0.6 is 0 Å². The van der Waals surface area contributed by atoms with E-state index in [1.54, 1.807) is 27.7 Å². The summed E-state index contributed by atoms with van der Waals surface area (Å²) >= 11 is 0. The first-order valence-corrected chi connectivity index (χ1v) is 10.8. The Hall–Kier alpha value is -3.19. The van der Waals surface area contributed by atoms with Gasteiger partial charge >= 0.3 is 12.0 Å². The number of benzene rings is 2. The first-order valence-electron chi connectivity index (χ1n) is 10.8. The Morgan fingerprint density at radius 2 is 1.59 bits per heavy atom. The van der Waals surface area contributed by atoms with Gasteiger partial charge in [0.1, 0.15) is 5.60 Å². The molecule has 1 aliphatic heterocycles. The van der Waals surface area contributed by atoms with Crippen LogP contribution in [0.5, 0.6) is 0 Å². The molecule has 3 amide bonds. The zero-order valence-electron chi connectivity index (χ0n) is 19.1. The van der Waals surface area contributed by atoms with E-state index in [1.807, 2.05) is 60.7 Å². The molecule has 0 saturated carbocycles. The fourth-order valence-corrected chi connectivity index (χ4v) is 3.55. The third-order valence-corrected chi connectivity index (χ3v) is 5.14. The van der Waals surface area contributed by atoms with Crippen molar-refractivity contribution in [2.45, 2.75) is 58.5 Å². The molecular weight excluding hydrogens is 406 g/mol. The lowest BCUT2D eigenvalue weighted by molar-refractivity contribution is -0.161. The van der Waals surface area contributed by atoms with Gasteiger partial charge in [0.05, 0.1) is 12.6 Å². The second-order valence-electron chi connectivity index (χ2n) is 8.99. The van der Waals surface area contributed by atoms with E-state index in [0.29, 0.717) is 13.1 Å². The Bertz CT molecular complexity index is 941. The molecule has 0 radical (unpaired) electrons. The van der Waals surface area contributed by atoms with Gasteiger partial charge in [0, 0.05) is 13.1 Å². The molecule has 2 aromatic carbocycles. The van der Waals surface area contributed by atoms with E-state index in [-0.39, 0.29) is 6.54 Å². The number of carbonyl (C=O) groups is 3. The van der Waals surface area contributed by atoms with E-state index in [9.17, 15) is 14.4 Å². The van der Waals surface area contributed by atoms with E-state index in [0.717, 1.165) is 16.0 Å². The van der Waals surface area contributed by atoms with Crippen molar-refractivity contribution in [1.29, 1.82) is 0 Å². The maximum Gasteiger partial charge on any atom is 0.331 e. The second kappa shape index (κ2) is 9.96. The molecule has 170 valence electrons. The molecule has 0 spiro atoms. The summed E-state index contributed by atoms with van der Waals surface area (Å²) in [5.41, 5.74) is 1.22. The fourth-order valence-electron chi connectivity index (χ4n) is 3.55. The van der Waals surface area contributed by atoms with Crippen molar-refractivity contribution < 1.29 is 19.1 Å². The first-order chi connectivity index (χ1) is 15.2. The highest BCUT2D eigenvalue weighted by atomic mass is 16.6. The third kappa shape index (κ3) is 5.95. The standard InChI is InChI=1S/C25H31N3O4/c1-18(26-15-19-11-7-5-8-12-19)22(29)28-21(23(30)32-25(2,3)4)17-27(24(28)31)16-20-13-9-6-10-14-20/h5-14,18,21,26H,15-17H2,1-4H3/t18-,21+/m1/s1. The van der Waals surface area contributed by atoms with Crippen LogP contribution in [0.1, 0.15) is 38.8 Å². The van der Waals surface area contributed by atoms with Gasteiger partial charge in [-0.25, -0.2) is 14.5 Å². The van der Waals surface area contributed by atoms with Gasteiger partial charge in [0.15, 0.2) is 6.04 Å². The van der Waals surface area contributed by atoms with Gasteiger partial charge in [-0.1, -0.05) is 60.7 Å². The van der Waals surface area contributed by atoms with Crippen LogP contribution in [0.2, 0.25) is 0 Å². The van der Waals surface area contributed by atoms with E-state index in [1.165, 1.54) is 4.90 Å². The average molecular weight is 438 g/mol. The largest absolute Gasteiger partial charge is 0.458 e. The molecule has 0 aromatic heterocycles. The molecule has 1 aliphatic rings. The van der Waals surface area contributed by atoms with Gasteiger partial charge in [0.25, 0.3) is 0 Å². The molecule has 0 unspecified atom stereocenters. The molecule has 0 bridgehead atoms. The van der Waals surface area contributed by atoms with Crippen LogP contribution in [0.4, 0.5) is 4.79 Å². The van der Waals surface area contributed by atoms with Crippen LogP contribution < -0.4 is 5.32 Å². The van der Waals surface area contributed by atoms with E-state index in [4.69, 9.17) is 4.74 Å². The summed E-state index contributed by atoms with van der Waals surface area (Å²) in [6.45, 7) is 7.87. The lowest BCUT2D eigenvalue weighted by Gasteiger charge is -2.27. The minimum atomic E-state index is -0.987. The summed E-state index contributed by atoms with van der Waals surface area (Å²) in [5, 5.41) is 3.15. The number of nitrogens with zero attached hydrogens (tertiary/aromatic N) is 2. The van der Waals surface area contributed by atoms with Crippen LogP contribution in [0.3, 0.4) is 0 Å². The highest BCUT2D eigenvalue weighted by Crippen LogP contribution is 2.23. The van der Waals surface area contributed by atoms with Crippen LogP contribution in [-0.2, 0) is 27.4 Å². The summed E-state index contributed by atoms with van der Waals surface area (Å²) in [4.78, 5) is 42.0. The molecule has 0 aliphatic carbocycles. The zero-order valence-corrected chi connectivity index (χ0v) is 19.1. The van der Waals surface area contributed by atoms with Gasteiger partial charge < -0.3 is 15.0 Å². The van der Waals surface area contributed by atoms with Gasteiger partial charge in [-0.05, 0) is 38.8 Å². The monoisotopic (exact) mass is 437 g/mol. The Balaban J connectivity index is 1.77. The number of hydrogen-bond acceptors (Lipinski definition) is 5. The molecule has 1 heterocycles. The highest BCUT2D eigenvalue weighted by molar-refractivity contribution is 6.03. The van der Waals surface area contributed by atoms with Gasteiger partial charge in [0.2, 0.25) is 5.91 Å². The molecular formula is C25H31N3O4. The van der Waals surface area contributed by atoms with Gasteiger partial charge in [-0.2, -0.15) is 0 Å². The van der Waals surface area contributed by atoms with Crippen molar-refractivity contribution in [2.75, 3.05) is 6.54 Å². The second-order valence-corrected chi connectivity index (χ2v) is 8.99. The summed E-state index contributed by atoms with van der Waals surface area (Å²) in [6.07, 6.45) is 0. The molecule has 1 saturated heterocycles. The third-order valence-electron chi connectivity index (χ3n) is 5.14. The van der Waals surface area contributed by atoms with Crippen molar-refractivity contribution >= 4 is 17.9 Å². The number of ether oxygens (including phenoxy) is 1. The Kier molecular flexibility index (Phi) is 7.30. The topological polar surface area (TPSA) is 79.0 Å². The number of esters is 1. The minimum Gasteiger partial charge on any atom is -0.458 e. The number of rotatable bonds is 7. The molecule has 7 heteroatoms. The molecule has 2 atom stereocenters. The van der Waals surface area contributed by atoms with Crippen LogP contribution in [0.25, 0.3) is 0 Å². The normalized spacial score (nSPS) is 17.4. The first kappa shape index (κ1) is 23.5. The maximum atomic E-state index is 13.3. The van der Waals surface area contributed by atoms with Crippen molar-refractivity contribution in [3.8, 4) is 0 Å². The maximum absolute atomic E-state index is 13.3. The summed E-state index contributed by atoms with van der Waals surface area (Å²) in [5.74, 6) is -1.03. The highest BCUT2D eigenvalue weighted by Gasteiger charge is 2.47. The summed E-state index contributed by atoms with van der Waals surface area (Å²) in [6, 6.07) is 17.0. The Morgan fingerprint density at radius 1 is 1.03 bits per heavy atom. The number of amides is 3. The molecule has 32 heavy (non-hydrogen) atoms. The van der Waals surface area contributed by atoms with E-state index in [2.05, 4.69) is 5.32 Å². The summed E-state index contributed by atoms with van der Waals surface area (Å²) in [7, 11) is 0. The number of urea groups is 1. The van der Waals surface area contributed by atoms with Crippen LogP contribution in [-0.4, -0.2) is 51.9 Å². The lowest BCUT2D eigenvalue weighted by atomic mass is 10.1. The number of hydrogen-bond donors (Lipinski definition) is 1. The van der Waals surface area contributed by atoms with Crippen molar-refractivity contribution in [1.82, 2.24) is 15.1 Å². The molecule has 2 aromatic rings. The predicted octanol–water partition coefficient (Wildman–Crippen LogP) is 3.34. The number of carbonyl (C=O) groups excluding carboxylic acids is 3. The number of imide groups is 1. The van der Waals surface area contributed by atoms with Crippen LogP contribution in [0.15, 0.2) is 60.7 Å². The fraction of sp³-hybridized carbons (Fsp3) is 0.400. The predicted molar refractivity (Wildman–Crippen MR) is 121 cm³/mol. The Labute approximate surface area is 189 Å². The minimum absolute atomic E-state index is 0.0970. The SMILES string of the molecule is C[C@@H](NCc1ccccc1)C(=O)N1C(=O)N(Cc2ccccc2)C[C@H]1C(=O)OC(C)(C)C. The smallest absolute Gasteiger partial charge is 0.331 e. The quantitative estimate of drug-likeness (QED) is 0.672. The Morgan fingerprint density at radius 3 is 2.16 bits per heavy atom. The van der Waals surface area contributed by atoms with Crippen LogP contribution in [0, 0.1) is 0 Å². The average Bonchev–Trinajstić information content (AvgIpc) is 3.08. The zero-order chi connectivity index (χ0) is 23.3. The molecule has 7 nitrogen and oxygen atoms in total. The lowest BCUT2D eigenvalue weighted by Crippen LogP contribution is -2.52. The number of nitrogens with one attached hydrogen (secondary N) is 1. The van der Waals surface area contributed by atoms with Gasteiger partial charge in [-0.15, -0.1) is 0 Å². The molecule has 1 fully saturated rings. The van der Waals surface area contributed by atoms with Crippen molar-refractivity contribution in [2.24, 2.45) is 0 Å². The van der Waals surface area contributed by atoms with E-state index < -0.39 is 35.6 Å². The molecule has 1 N–H and O–H groups in total. The van der Waals surface area contributed by atoms with E-state index >= 15 is 0 Å². The summed E-state index contributed by atoms with van der Waals surface area (Å²) < 4.78 is 5.53.